The van der Waals surface area contributed by atoms with Crippen LogP contribution in [0.3, 0.4) is 0 Å². The number of para-hydroxylation sites is 1. The third-order valence-corrected chi connectivity index (χ3v) is 7.76. The molecule has 0 saturated carbocycles. The number of likely N-dealkylation sites (N-methyl/N-ethyl adjacent to an activating group) is 1. The molecule has 1 spiro atoms. The number of rotatable bonds is 1. The highest BCUT2D eigenvalue weighted by Gasteiger charge is 2.51. The molecule has 0 fully saturated rings. The predicted octanol–water partition coefficient (Wildman–Crippen LogP) is 5.50. The second-order valence-corrected chi connectivity index (χ2v) is 9.85. The zero-order chi connectivity index (χ0) is 25.5. The van der Waals surface area contributed by atoms with E-state index in [1.165, 1.54) is 0 Å². The van der Waals surface area contributed by atoms with E-state index in [9.17, 15) is 14.4 Å². The number of fused-ring (bicyclic) bond motifs is 6. The van der Waals surface area contributed by atoms with Crippen LogP contribution in [0.2, 0.25) is 0 Å². The van der Waals surface area contributed by atoms with Gasteiger partial charge in [-0.25, -0.2) is 0 Å². The molecule has 37 heavy (non-hydrogen) atoms. The molecular weight excluding hydrogens is 460 g/mol. The van der Waals surface area contributed by atoms with Crippen LogP contribution in [-0.4, -0.2) is 24.5 Å². The largest absolute Gasteiger partial charge is 0.363 e. The van der Waals surface area contributed by atoms with Crippen molar-refractivity contribution in [3.63, 3.8) is 0 Å². The fraction of sp³-hybridized carbons (Fsp3) is 0.0938. The van der Waals surface area contributed by atoms with Gasteiger partial charge in [0.05, 0.1) is 11.3 Å². The topological polar surface area (TPSA) is 66.5 Å². The van der Waals surface area contributed by atoms with E-state index in [0.29, 0.717) is 27.9 Å². The van der Waals surface area contributed by atoms with Gasteiger partial charge in [-0.05, 0) is 36.3 Å². The highest BCUT2D eigenvalue weighted by molar-refractivity contribution is 6.31. The van der Waals surface area contributed by atoms with Crippen molar-refractivity contribution < 1.29 is 14.4 Å². The van der Waals surface area contributed by atoms with Crippen LogP contribution in [0, 0.1) is 6.92 Å². The lowest BCUT2D eigenvalue weighted by molar-refractivity contribution is -0.120. The van der Waals surface area contributed by atoms with Crippen LogP contribution >= 0.6 is 0 Å². The van der Waals surface area contributed by atoms with Crippen molar-refractivity contribution in [3.8, 4) is 0 Å². The minimum atomic E-state index is -1.21. The molecule has 2 aliphatic heterocycles. The summed E-state index contributed by atoms with van der Waals surface area (Å²) < 4.78 is 0. The highest BCUT2D eigenvalue weighted by Crippen LogP contribution is 2.51. The number of benzene rings is 4. The van der Waals surface area contributed by atoms with Gasteiger partial charge in [-0.3, -0.25) is 14.4 Å². The van der Waals surface area contributed by atoms with Gasteiger partial charge < -0.3 is 10.2 Å². The number of hydrogen-bond donors (Lipinski definition) is 1. The first-order valence-corrected chi connectivity index (χ1v) is 12.2. The summed E-state index contributed by atoms with van der Waals surface area (Å²) in [4.78, 5) is 43.0. The van der Waals surface area contributed by atoms with Gasteiger partial charge in [-0.15, -0.1) is 0 Å². The van der Waals surface area contributed by atoms with Gasteiger partial charge in [0.15, 0.2) is 17.1 Å². The van der Waals surface area contributed by atoms with E-state index in [1.807, 2.05) is 67.6 Å². The monoisotopic (exact) mass is 482 g/mol. The highest BCUT2D eigenvalue weighted by atomic mass is 16.2. The van der Waals surface area contributed by atoms with E-state index in [2.05, 4.69) is 5.32 Å². The maximum absolute atomic E-state index is 14.0. The van der Waals surface area contributed by atoms with Crippen LogP contribution < -0.4 is 10.2 Å². The van der Waals surface area contributed by atoms with Crippen molar-refractivity contribution >= 4 is 34.4 Å². The molecule has 1 atom stereocenters. The van der Waals surface area contributed by atoms with E-state index in [0.717, 1.165) is 33.5 Å². The molecule has 1 N–H and O–H groups in total. The number of anilines is 2. The summed E-state index contributed by atoms with van der Waals surface area (Å²) in [6.07, 6.45) is 1.97. The predicted molar refractivity (Wildman–Crippen MR) is 143 cm³/mol. The summed E-state index contributed by atoms with van der Waals surface area (Å²) in [6.45, 7) is 2.03. The van der Waals surface area contributed by atoms with Gasteiger partial charge in [-0.2, -0.15) is 0 Å². The maximum Gasteiger partial charge on any atom is 0.261 e. The average molecular weight is 483 g/mol. The van der Waals surface area contributed by atoms with Crippen molar-refractivity contribution in [2.75, 3.05) is 17.3 Å². The zero-order valence-electron chi connectivity index (χ0n) is 20.3. The van der Waals surface area contributed by atoms with Crippen LogP contribution in [0.15, 0.2) is 91.0 Å². The van der Waals surface area contributed by atoms with E-state index < -0.39 is 5.54 Å². The summed E-state index contributed by atoms with van der Waals surface area (Å²) >= 11 is 0. The van der Waals surface area contributed by atoms with Gasteiger partial charge in [-0.1, -0.05) is 78.4 Å². The summed E-state index contributed by atoms with van der Waals surface area (Å²) in [5.74, 6) is -0.552. The van der Waals surface area contributed by atoms with E-state index in [1.54, 1.807) is 42.3 Å². The molecule has 178 valence electrons. The molecule has 2 heterocycles. The van der Waals surface area contributed by atoms with Crippen LogP contribution in [0.25, 0.3) is 5.57 Å². The number of nitrogens with zero attached hydrogens (tertiary/aromatic N) is 1. The number of carbonyl (C=O) groups excluding carboxylic acids is 3. The van der Waals surface area contributed by atoms with Crippen molar-refractivity contribution in [2.24, 2.45) is 0 Å². The minimum Gasteiger partial charge on any atom is -0.363 e. The smallest absolute Gasteiger partial charge is 0.261 e. The molecule has 0 aromatic heterocycles. The first-order chi connectivity index (χ1) is 17.9. The fourth-order valence-electron chi connectivity index (χ4n) is 5.89. The Hall–Kier alpha value is -4.77. The maximum atomic E-state index is 14.0. The molecule has 1 amide bonds. The van der Waals surface area contributed by atoms with E-state index >= 15 is 0 Å². The van der Waals surface area contributed by atoms with Crippen LogP contribution in [-0.2, 0) is 10.3 Å². The fourth-order valence-corrected chi connectivity index (χ4v) is 5.89. The number of aryl methyl sites for hydroxylation is 1. The average Bonchev–Trinajstić information content (AvgIpc) is 3.13. The first kappa shape index (κ1) is 21.5. The Labute approximate surface area is 214 Å². The Kier molecular flexibility index (Phi) is 4.28. The molecule has 3 aliphatic rings. The van der Waals surface area contributed by atoms with Gasteiger partial charge in [0, 0.05) is 40.6 Å². The Balaban J connectivity index is 1.55. The zero-order valence-corrected chi connectivity index (χ0v) is 20.3. The summed E-state index contributed by atoms with van der Waals surface area (Å²) in [7, 11) is 1.76. The first-order valence-electron chi connectivity index (χ1n) is 12.2. The third-order valence-electron chi connectivity index (χ3n) is 7.76. The summed E-state index contributed by atoms with van der Waals surface area (Å²) in [6, 6.07) is 26.3. The Morgan fingerprint density at radius 1 is 0.703 bits per heavy atom. The number of hydrogen-bond acceptors (Lipinski definition) is 4. The van der Waals surface area contributed by atoms with Gasteiger partial charge >= 0.3 is 0 Å². The summed E-state index contributed by atoms with van der Waals surface area (Å²) in [5, 5.41) is 3.49. The molecule has 5 nitrogen and oxygen atoms in total. The molecule has 0 saturated heterocycles. The number of carbonyl (C=O) groups is 3. The Morgan fingerprint density at radius 2 is 1.35 bits per heavy atom. The lowest BCUT2D eigenvalue weighted by Crippen LogP contribution is -2.46. The Bertz CT molecular complexity index is 1730. The van der Waals surface area contributed by atoms with Crippen molar-refractivity contribution in [3.05, 3.63) is 136 Å². The molecule has 7 rings (SSSR count). The standard InChI is InChI=1S/C32H22N2O3/c1-18-11-13-19(14-12-18)24-17-32(25-9-5-6-10-26(25)34(2)31(32)37)33-28-20(24)15-16-23-27(28)30(36)22-8-4-3-7-21(22)29(23)35/h3-17,33H,1-2H3/t32-/m1/s1. The normalized spacial score (nSPS) is 19.1. The Morgan fingerprint density at radius 3 is 2.11 bits per heavy atom. The van der Waals surface area contributed by atoms with E-state index in [-0.39, 0.29) is 17.5 Å². The molecule has 1 aliphatic carbocycles. The number of ketones is 2. The number of amides is 1. The quantitative estimate of drug-likeness (QED) is 0.343. The molecule has 0 unspecified atom stereocenters. The minimum absolute atomic E-state index is 0.142. The van der Waals surface area contributed by atoms with E-state index in [4.69, 9.17) is 0 Å². The lowest BCUT2D eigenvalue weighted by atomic mass is 9.76. The molecule has 4 aromatic carbocycles. The van der Waals surface area contributed by atoms with Crippen LogP contribution in [0.5, 0.6) is 0 Å². The van der Waals surface area contributed by atoms with Crippen LogP contribution in [0.4, 0.5) is 11.4 Å². The van der Waals surface area contributed by atoms with Gasteiger partial charge in [0.1, 0.15) is 0 Å². The van der Waals surface area contributed by atoms with Crippen molar-refractivity contribution in [2.45, 2.75) is 12.5 Å². The molecule has 5 heteroatoms. The van der Waals surface area contributed by atoms with Crippen molar-refractivity contribution in [1.29, 1.82) is 0 Å². The summed E-state index contributed by atoms with van der Waals surface area (Å²) in [5.41, 5.74) is 6.05. The van der Waals surface area contributed by atoms with Gasteiger partial charge in [0.25, 0.3) is 5.91 Å². The van der Waals surface area contributed by atoms with Gasteiger partial charge in [0.2, 0.25) is 0 Å². The third kappa shape index (κ3) is 2.77. The SMILES string of the molecule is Cc1ccc(C2=C[C@]3(Nc4c2ccc2c4C(=O)c4ccccc4C2=O)C(=O)N(C)c2ccccc23)cc1. The molecular formula is C32H22N2O3. The van der Waals surface area contributed by atoms with Crippen molar-refractivity contribution in [1.82, 2.24) is 0 Å². The number of nitrogens with one attached hydrogen (secondary N) is 1. The molecule has 4 aromatic rings. The molecule has 0 radical (unpaired) electrons. The molecule has 0 bridgehead atoms. The second kappa shape index (κ2) is 7.37. The second-order valence-electron chi connectivity index (χ2n) is 9.85. The van der Waals surface area contributed by atoms with Crippen LogP contribution in [0.1, 0.15) is 54.1 Å². The lowest BCUT2D eigenvalue weighted by Gasteiger charge is -2.36.